The second kappa shape index (κ2) is 3.99. The smallest absolute Gasteiger partial charge is 0.124 e. The van der Waals surface area contributed by atoms with E-state index in [0.29, 0.717) is 5.56 Å². The van der Waals surface area contributed by atoms with E-state index >= 15 is 0 Å². The lowest BCUT2D eigenvalue weighted by Gasteiger charge is -2.09. The van der Waals surface area contributed by atoms with Crippen LogP contribution in [0.3, 0.4) is 0 Å². The van der Waals surface area contributed by atoms with Gasteiger partial charge in [0.15, 0.2) is 0 Å². The van der Waals surface area contributed by atoms with Crippen molar-refractivity contribution in [3.63, 3.8) is 0 Å². The molecule has 0 aliphatic heterocycles. The van der Waals surface area contributed by atoms with Crippen LogP contribution in [0.2, 0.25) is 0 Å². The van der Waals surface area contributed by atoms with E-state index in [1.807, 2.05) is 6.07 Å². The molecule has 1 aromatic rings. The van der Waals surface area contributed by atoms with E-state index in [2.05, 4.69) is 0 Å². The minimum absolute atomic E-state index is 0.168. The molecule has 0 saturated heterocycles. The van der Waals surface area contributed by atoms with Gasteiger partial charge in [0.25, 0.3) is 0 Å². The zero-order chi connectivity index (χ0) is 9.84. The van der Waals surface area contributed by atoms with Crippen molar-refractivity contribution in [2.24, 2.45) is 5.73 Å². The standard InChI is InChI=1S/C9H9FN2O/c10-7-1-2-8(9(12)5-13)6(3-7)4-11/h1-3,9,13H,5,12H2/t9-/m0/s1. The van der Waals surface area contributed by atoms with E-state index in [4.69, 9.17) is 16.1 Å². The molecular weight excluding hydrogens is 171 g/mol. The van der Waals surface area contributed by atoms with E-state index in [9.17, 15) is 4.39 Å². The van der Waals surface area contributed by atoms with Gasteiger partial charge in [-0.1, -0.05) is 6.07 Å². The molecule has 1 aromatic carbocycles. The van der Waals surface area contributed by atoms with E-state index in [-0.39, 0.29) is 12.2 Å². The van der Waals surface area contributed by atoms with Crippen molar-refractivity contribution in [1.82, 2.24) is 0 Å². The number of nitrogens with zero attached hydrogens (tertiary/aromatic N) is 1. The summed E-state index contributed by atoms with van der Waals surface area (Å²) >= 11 is 0. The molecule has 1 rings (SSSR count). The minimum Gasteiger partial charge on any atom is -0.394 e. The molecular formula is C9H9FN2O. The minimum atomic E-state index is -0.629. The molecule has 1 atom stereocenters. The number of rotatable bonds is 2. The molecule has 0 aliphatic rings. The molecule has 3 N–H and O–H groups in total. The molecule has 0 aliphatic carbocycles. The highest BCUT2D eigenvalue weighted by molar-refractivity contribution is 5.39. The van der Waals surface area contributed by atoms with Crippen LogP contribution in [0.15, 0.2) is 18.2 Å². The lowest BCUT2D eigenvalue weighted by atomic mass is 10.0. The maximum atomic E-state index is 12.6. The fourth-order valence-corrected chi connectivity index (χ4v) is 1.05. The van der Waals surface area contributed by atoms with Gasteiger partial charge in [0.05, 0.1) is 24.3 Å². The van der Waals surface area contributed by atoms with Crippen LogP contribution in [0.1, 0.15) is 17.2 Å². The van der Waals surface area contributed by atoms with E-state index in [1.165, 1.54) is 12.1 Å². The third-order valence-electron chi connectivity index (χ3n) is 1.73. The van der Waals surface area contributed by atoms with Crippen molar-refractivity contribution in [1.29, 1.82) is 5.26 Å². The van der Waals surface area contributed by atoms with Gasteiger partial charge in [-0.05, 0) is 17.7 Å². The van der Waals surface area contributed by atoms with Crippen molar-refractivity contribution in [2.75, 3.05) is 6.61 Å². The van der Waals surface area contributed by atoms with Crippen LogP contribution in [0.25, 0.3) is 0 Å². The zero-order valence-electron chi connectivity index (χ0n) is 6.87. The Labute approximate surface area is 75.2 Å². The monoisotopic (exact) mass is 180 g/mol. The highest BCUT2D eigenvalue weighted by Crippen LogP contribution is 2.16. The summed E-state index contributed by atoms with van der Waals surface area (Å²) in [6.45, 7) is -0.264. The van der Waals surface area contributed by atoms with Crippen molar-refractivity contribution in [3.05, 3.63) is 35.1 Å². The van der Waals surface area contributed by atoms with Crippen LogP contribution in [0.4, 0.5) is 4.39 Å². The lowest BCUT2D eigenvalue weighted by Crippen LogP contribution is -2.15. The molecule has 0 fully saturated rings. The van der Waals surface area contributed by atoms with Crippen molar-refractivity contribution in [2.45, 2.75) is 6.04 Å². The largest absolute Gasteiger partial charge is 0.394 e. The average Bonchev–Trinajstić information content (AvgIpc) is 2.16. The molecule has 0 heterocycles. The number of hydrogen-bond acceptors (Lipinski definition) is 3. The van der Waals surface area contributed by atoms with Crippen molar-refractivity contribution >= 4 is 0 Å². The summed E-state index contributed by atoms with van der Waals surface area (Å²) in [5, 5.41) is 17.4. The van der Waals surface area contributed by atoms with Crippen LogP contribution in [-0.2, 0) is 0 Å². The lowest BCUT2D eigenvalue weighted by molar-refractivity contribution is 0.268. The van der Waals surface area contributed by atoms with Gasteiger partial charge in [-0.3, -0.25) is 0 Å². The first-order valence-electron chi connectivity index (χ1n) is 3.75. The maximum absolute atomic E-state index is 12.6. The summed E-state index contributed by atoms with van der Waals surface area (Å²) in [6.07, 6.45) is 0. The molecule has 0 spiro atoms. The summed E-state index contributed by atoms with van der Waals surface area (Å²) in [4.78, 5) is 0. The summed E-state index contributed by atoms with van der Waals surface area (Å²) in [7, 11) is 0. The Morgan fingerprint density at radius 3 is 2.85 bits per heavy atom. The van der Waals surface area contributed by atoms with Crippen LogP contribution in [-0.4, -0.2) is 11.7 Å². The number of aliphatic hydroxyl groups excluding tert-OH is 1. The highest BCUT2D eigenvalue weighted by Gasteiger charge is 2.10. The van der Waals surface area contributed by atoms with Gasteiger partial charge in [-0.15, -0.1) is 0 Å². The van der Waals surface area contributed by atoms with Gasteiger partial charge >= 0.3 is 0 Å². The number of hydrogen-bond donors (Lipinski definition) is 2. The Kier molecular flexibility index (Phi) is 2.96. The molecule has 0 aromatic heterocycles. The number of nitrogens with two attached hydrogens (primary N) is 1. The quantitative estimate of drug-likeness (QED) is 0.703. The Morgan fingerprint density at radius 1 is 1.62 bits per heavy atom. The number of benzene rings is 1. The molecule has 0 bridgehead atoms. The van der Waals surface area contributed by atoms with Gasteiger partial charge in [-0.2, -0.15) is 5.26 Å². The Hall–Kier alpha value is -1.44. The topological polar surface area (TPSA) is 70.0 Å². The van der Waals surface area contributed by atoms with Crippen molar-refractivity contribution in [3.8, 4) is 6.07 Å². The molecule has 0 unspecified atom stereocenters. The second-order valence-electron chi connectivity index (χ2n) is 2.63. The Balaban J connectivity index is 3.15. The molecule has 4 heteroatoms. The average molecular weight is 180 g/mol. The predicted octanol–water partition coefficient (Wildman–Crippen LogP) is 0.689. The van der Waals surface area contributed by atoms with Gasteiger partial charge in [0.1, 0.15) is 5.82 Å². The summed E-state index contributed by atoms with van der Waals surface area (Å²) in [5.41, 5.74) is 6.13. The Bertz CT molecular complexity index is 346. The fraction of sp³-hybridized carbons (Fsp3) is 0.222. The van der Waals surface area contributed by atoms with Crippen LogP contribution < -0.4 is 5.73 Å². The first kappa shape index (κ1) is 9.65. The van der Waals surface area contributed by atoms with Crippen LogP contribution in [0, 0.1) is 17.1 Å². The maximum Gasteiger partial charge on any atom is 0.124 e. The van der Waals surface area contributed by atoms with E-state index in [0.717, 1.165) is 6.07 Å². The normalized spacial score (nSPS) is 12.2. The number of nitriles is 1. The highest BCUT2D eigenvalue weighted by atomic mass is 19.1. The van der Waals surface area contributed by atoms with Crippen LogP contribution >= 0.6 is 0 Å². The molecule has 13 heavy (non-hydrogen) atoms. The first-order chi connectivity index (χ1) is 6.19. The summed E-state index contributed by atoms with van der Waals surface area (Å²) in [6, 6.07) is 4.92. The van der Waals surface area contributed by atoms with E-state index < -0.39 is 11.9 Å². The number of aliphatic hydroxyl groups is 1. The third-order valence-corrected chi connectivity index (χ3v) is 1.73. The summed E-state index contributed by atoms with van der Waals surface area (Å²) in [5.74, 6) is -0.481. The first-order valence-corrected chi connectivity index (χ1v) is 3.75. The van der Waals surface area contributed by atoms with Crippen molar-refractivity contribution < 1.29 is 9.50 Å². The third kappa shape index (κ3) is 2.02. The SMILES string of the molecule is N#Cc1cc(F)ccc1[C@@H](N)CO. The molecule has 3 nitrogen and oxygen atoms in total. The van der Waals surface area contributed by atoms with Gasteiger partial charge in [0.2, 0.25) is 0 Å². The number of halogens is 1. The molecule has 0 saturated carbocycles. The second-order valence-corrected chi connectivity index (χ2v) is 2.63. The molecule has 68 valence electrons. The van der Waals surface area contributed by atoms with Gasteiger partial charge in [0, 0.05) is 0 Å². The van der Waals surface area contributed by atoms with Gasteiger partial charge in [-0.25, -0.2) is 4.39 Å². The zero-order valence-corrected chi connectivity index (χ0v) is 6.87. The predicted molar refractivity (Wildman–Crippen MR) is 45.1 cm³/mol. The van der Waals surface area contributed by atoms with E-state index in [1.54, 1.807) is 0 Å². The van der Waals surface area contributed by atoms with Crippen LogP contribution in [0.5, 0.6) is 0 Å². The fourth-order valence-electron chi connectivity index (χ4n) is 1.05. The molecule has 0 amide bonds. The summed E-state index contributed by atoms with van der Waals surface area (Å²) < 4.78 is 12.6. The van der Waals surface area contributed by atoms with Gasteiger partial charge < -0.3 is 10.8 Å². The molecule has 0 radical (unpaired) electrons. The Morgan fingerprint density at radius 2 is 2.31 bits per heavy atom.